The van der Waals surface area contributed by atoms with Gasteiger partial charge in [0.2, 0.25) is 0 Å². The van der Waals surface area contributed by atoms with Gasteiger partial charge in [0.1, 0.15) is 18.5 Å². The maximum absolute atomic E-state index is 12.9. The first-order valence-electron chi connectivity index (χ1n) is 22.2. The summed E-state index contributed by atoms with van der Waals surface area (Å²) in [4.78, 5) is 48.0. The molecule has 1 fully saturated rings. The van der Waals surface area contributed by atoms with E-state index >= 15 is 0 Å². The topological polar surface area (TPSA) is 227 Å². The van der Waals surface area contributed by atoms with Crippen LogP contribution in [-0.2, 0) is 37.5 Å². The zero-order chi connectivity index (χ0) is 43.2. The molecule has 8 atom stereocenters. The summed E-state index contributed by atoms with van der Waals surface area (Å²) in [6, 6.07) is 0. The summed E-state index contributed by atoms with van der Waals surface area (Å²) < 4.78 is 32.6. The number of ether oxygens (including phenoxy) is 2. The fourth-order valence-corrected chi connectivity index (χ4v) is 7.85. The molecule has 15 heteroatoms. The number of esters is 2. The number of Topliss-reactive ketones (excluding diaryl/α,β-unsaturated/α-hetero) is 1. The minimum absolute atomic E-state index is 0.0475. The first-order chi connectivity index (χ1) is 27.7. The van der Waals surface area contributed by atoms with Gasteiger partial charge in [0.25, 0.3) is 0 Å². The van der Waals surface area contributed by atoms with Crippen LogP contribution in [0.15, 0.2) is 12.2 Å². The second kappa shape index (κ2) is 33.0. The van der Waals surface area contributed by atoms with Gasteiger partial charge in [0.15, 0.2) is 6.10 Å². The lowest BCUT2D eigenvalue weighted by Crippen LogP contribution is -2.30. The van der Waals surface area contributed by atoms with Gasteiger partial charge < -0.3 is 39.9 Å². The lowest BCUT2D eigenvalue weighted by Gasteiger charge is -2.21. The maximum Gasteiger partial charge on any atom is 0.472 e. The van der Waals surface area contributed by atoms with E-state index in [0.717, 1.165) is 44.4 Å². The maximum atomic E-state index is 12.9. The zero-order valence-corrected chi connectivity index (χ0v) is 36.7. The lowest BCUT2D eigenvalue weighted by molar-refractivity contribution is -0.161. The molecule has 1 saturated carbocycles. The third-order valence-corrected chi connectivity index (χ3v) is 11.5. The van der Waals surface area contributed by atoms with E-state index in [1.54, 1.807) is 12.2 Å². The van der Waals surface area contributed by atoms with Gasteiger partial charge in [0.05, 0.1) is 38.1 Å². The Labute approximate surface area is 348 Å². The van der Waals surface area contributed by atoms with Gasteiger partial charge in [-0.05, 0) is 31.6 Å². The highest BCUT2D eigenvalue weighted by molar-refractivity contribution is 7.47. The van der Waals surface area contributed by atoms with Crippen LogP contribution in [0.2, 0.25) is 0 Å². The first-order valence-corrected chi connectivity index (χ1v) is 23.7. The predicted molar refractivity (Wildman–Crippen MR) is 222 cm³/mol. The standard InChI is InChI=1S/C43H79O14P/c1-4-5-15-21-34(45)25-26-38-39(41(49)28-40(38)48)27-35(46)22-18-19-24-43(51)57-37(32-56-58(52,53)55-30-36(47)29-44)31-54-42(50)23-17-14-12-10-8-6-7-9-11-13-16-20-33(2)3/h25-26,33-34,36-41,44-45,47-49H,4-24,27-32H2,1-3H3,(H,52,53)/b26-25+/t34-,36-,37+,38+,39+,40+,41-/m0/s1. The van der Waals surface area contributed by atoms with Crippen LogP contribution in [-0.4, -0.2) is 105 Å². The monoisotopic (exact) mass is 851 g/mol. The molecule has 0 amide bonds. The molecule has 340 valence electrons. The molecule has 0 aromatic carbocycles. The number of aliphatic hydroxyl groups excluding tert-OH is 5. The second-order valence-corrected chi connectivity index (χ2v) is 18.0. The SMILES string of the molecule is CCCCC[C@H](O)/C=C/[C@@H]1[C@@H](CC(=O)CCCCC(=O)O[C@H](COC(=O)CCCCCCCCCCCCCC(C)C)COP(=O)(O)OC[C@@H](O)CO)[C@@H](O)C[C@H]1O. The molecule has 1 aliphatic rings. The van der Waals surface area contributed by atoms with E-state index in [-0.39, 0.29) is 44.3 Å². The van der Waals surface area contributed by atoms with Crippen LogP contribution >= 0.6 is 7.82 Å². The van der Waals surface area contributed by atoms with Crippen LogP contribution in [0.3, 0.4) is 0 Å². The molecule has 58 heavy (non-hydrogen) atoms. The highest BCUT2D eigenvalue weighted by Crippen LogP contribution is 2.43. The highest BCUT2D eigenvalue weighted by atomic mass is 31.2. The van der Waals surface area contributed by atoms with Crippen LogP contribution in [0, 0.1) is 17.8 Å². The Kier molecular flexibility index (Phi) is 30.8. The molecule has 0 aromatic rings. The van der Waals surface area contributed by atoms with Crippen molar-refractivity contribution in [3.63, 3.8) is 0 Å². The number of rotatable bonds is 37. The molecule has 1 aliphatic carbocycles. The third kappa shape index (κ3) is 27.9. The van der Waals surface area contributed by atoms with Gasteiger partial charge in [-0.2, -0.15) is 0 Å². The Balaban J connectivity index is 2.50. The fourth-order valence-electron chi connectivity index (χ4n) is 7.06. The number of hydrogen-bond acceptors (Lipinski definition) is 13. The number of carbonyl (C=O) groups is 3. The number of aliphatic hydroxyl groups is 5. The van der Waals surface area contributed by atoms with Crippen LogP contribution in [0.5, 0.6) is 0 Å². The number of hydrogen-bond donors (Lipinski definition) is 6. The van der Waals surface area contributed by atoms with Gasteiger partial charge in [-0.3, -0.25) is 23.4 Å². The number of phosphoric ester groups is 1. The Hall–Kier alpha value is -1.74. The quantitative estimate of drug-likeness (QED) is 0.0160. The van der Waals surface area contributed by atoms with Crippen LogP contribution in [0.4, 0.5) is 0 Å². The average molecular weight is 851 g/mol. The summed E-state index contributed by atoms with van der Waals surface area (Å²) in [7, 11) is -4.72. The molecule has 1 rings (SSSR count). The molecule has 6 N–H and O–H groups in total. The molecular weight excluding hydrogens is 771 g/mol. The van der Waals surface area contributed by atoms with Gasteiger partial charge in [-0.15, -0.1) is 0 Å². The van der Waals surface area contributed by atoms with Crippen molar-refractivity contribution in [2.24, 2.45) is 17.8 Å². The molecule has 1 unspecified atom stereocenters. The lowest BCUT2D eigenvalue weighted by atomic mass is 9.87. The Morgan fingerprint density at radius 1 is 0.724 bits per heavy atom. The summed E-state index contributed by atoms with van der Waals surface area (Å²) in [5.74, 6) is -1.50. The smallest absolute Gasteiger partial charge is 0.462 e. The van der Waals surface area contributed by atoms with Gasteiger partial charge in [-0.25, -0.2) is 4.57 Å². The summed E-state index contributed by atoms with van der Waals surface area (Å²) in [6.45, 7) is 4.14. The average Bonchev–Trinajstić information content (AvgIpc) is 3.44. The highest BCUT2D eigenvalue weighted by Gasteiger charge is 2.41. The summed E-state index contributed by atoms with van der Waals surface area (Å²) in [6.07, 6.45) is 16.8. The van der Waals surface area contributed by atoms with Gasteiger partial charge in [-0.1, -0.05) is 123 Å². The Morgan fingerprint density at radius 3 is 1.90 bits per heavy atom. The van der Waals surface area contributed by atoms with Crippen LogP contribution in [0.1, 0.15) is 168 Å². The minimum Gasteiger partial charge on any atom is -0.462 e. The fraction of sp³-hybridized carbons (Fsp3) is 0.884. The molecule has 0 aliphatic heterocycles. The van der Waals surface area contributed by atoms with Gasteiger partial charge >= 0.3 is 19.8 Å². The van der Waals surface area contributed by atoms with Crippen LogP contribution in [0.25, 0.3) is 0 Å². The van der Waals surface area contributed by atoms with Crippen molar-refractivity contribution in [2.45, 2.75) is 199 Å². The number of ketones is 1. The largest absolute Gasteiger partial charge is 0.472 e. The van der Waals surface area contributed by atoms with E-state index in [2.05, 4.69) is 25.3 Å². The second-order valence-electron chi connectivity index (χ2n) is 16.5. The molecule has 0 saturated heterocycles. The van der Waals surface area contributed by atoms with Crippen LogP contribution < -0.4 is 0 Å². The van der Waals surface area contributed by atoms with Crippen molar-refractivity contribution < 1.29 is 67.9 Å². The molecule has 0 heterocycles. The van der Waals surface area contributed by atoms with Crippen molar-refractivity contribution in [2.75, 3.05) is 26.4 Å². The van der Waals surface area contributed by atoms with E-state index < -0.39 is 88.5 Å². The first kappa shape index (κ1) is 54.3. The van der Waals surface area contributed by atoms with E-state index in [4.69, 9.17) is 19.1 Å². The van der Waals surface area contributed by atoms with E-state index in [1.165, 1.54) is 51.4 Å². The Morgan fingerprint density at radius 2 is 1.28 bits per heavy atom. The van der Waals surface area contributed by atoms with Crippen molar-refractivity contribution in [3.8, 4) is 0 Å². The molecule has 14 nitrogen and oxygen atoms in total. The zero-order valence-electron chi connectivity index (χ0n) is 35.8. The molecule has 0 bridgehead atoms. The van der Waals surface area contributed by atoms with Crippen molar-refractivity contribution >= 4 is 25.5 Å². The molecule has 0 radical (unpaired) electrons. The van der Waals surface area contributed by atoms with Gasteiger partial charge in [0, 0.05) is 43.9 Å². The Bertz CT molecular complexity index is 1170. The predicted octanol–water partition coefficient (Wildman–Crippen LogP) is 7.03. The summed E-state index contributed by atoms with van der Waals surface area (Å²) in [5, 5.41) is 49.7. The number of carbonyl (C=O) groups excluding carboxylic acids is 3. The van der Waals surface area contributed by atoms with Crippen molar-refractivity contribution in [3.05, 3.63) is 12.2 Å². The molecular formula is C43H79O14P. The molecule has 0 spiro atoms. The summed E-state index contributed by atoms with van der Waals surface area (Å²) >= 11 is 0. The van der Waals surface area contributed by atoms with Crippen molar-refractivity contribution in [1.29, 1.82) is 0 Å². The van der Waals surface area contributed by atoms with E-state index in [1.807, 2.05) is 0 Å². The minimum atomic E-state index is -4.72. The normalized spacial score (nSPS) is 20.9. The number of phosphoric acid groups is 1. The van der Waals surface area contributed by atoms with E-state index in [9.17, 15) is 44.3 Å². The summed E-state index contributed by atoms with van der Waals surface area (Å²) in [5.41, 5.74) is 0. The van der Waals surface area contributed by atoms with Crippen molar-refractivity contribution in [1.82, 2.24) is 0 Å². The number of unbranched alkanes of at least 4 members (excludes halogenated alkanes) is 13. The van der Waals surface area contributed by atoms with E-state index in [0.29, 0.717) is 19.3 Å². The molecule has 0 aromatic heterocycles. The third-order valence-electron chi connectivity index (χ3n) is 10.6.